The van der Waals surface area contributed by atoms with E-state index in [1.165, 1.54) is 0 Å². The Kier molecular flexibility index (Phi) is 7.13. The number of benzene rings is 2. The van der Waals surface area contributed by atoms with E-state index in [0.717, 1.165) is 28.1 Å². The van der Waals surface area contributed by atoms with E-state index in [1.807, 2.05) is 30.3 Å². The summed E-state index contributed by atoms with van der Waals surface area (Å²) >= 11 is 3.36. The fourth-order valence-electron chi connectivity index (χ4n) is 2.62. The van der Waals surface area contributed by atoms with Crippen LogP contribution in [0.4, 0.5) is 5.69 Å². The average molecular weight is 447 g/mol. The van der Waals surface area contributed by atoms with Gasteiger partial charge < -0.3 is 25.4 Å². The lowest BCUT2D eigenvalue weighted by Crippen LogP contribution is -2.37. The average Bonchev–Trinajstić information content (AvgIpc) is 2.95. The lowest BCUT2D eigenvalue weighted by molar-refractivity contribution is 0.0954. The van der Waals surface area contributed by atoms with E-state index in [9.17, 15) is 4.79 Å². The van der Waals surface area contributed by atoms with Crippen LogP contribution in [0, 0.1) is 0 Å². The number of nitrogens with zero attached hydrogens (tertiary/aromatic N) is 1. The second-order valence-corrected chi connectivity index (χ2v) is 7.01. The largest absolute Gasteiger partial charge is 0.490 e. The van der Waals surface area contributed by atoms with Crippen molar-refractivity contribution in [1.29, 1.82) is 0 Å². The van der Waals surface area contributed by atoms with Crippen LogP contribution in [-0.4, -0.2) is 45.2 Å². The van der Waals surface area contributed by atoms with Crippen molar-refractivity contribution in [2.75, 3.05) is 38.7 Å². The van der Waals surface area contributed by atoms with Crippen molar-refractivity contribution in [2.45, 2.75) is 6.42 Å². The molecule has 0 saturated carbocycles. The molecule has 0 saturated heterocycles. The van der Waals surface area contributed by atoms with Gasteiger partial charge in [-0.3, -0.25) is 9.79 Å². The van der Waals surface area contributed by atoms with Crippen LogP contribution >= 0.6 is 15.9 Å². The Morgan fingerprint density at radius 2 is 1.75 bits per heavy atom. The molecular formula is C20H23BrN4O3. The van der Waals surface area contributed by atoms with Gasteiger partial charge in [0.15, 0.2) is 17.5 Å². The zero-order valence-electron chi connectivity index (χ0n) is 15.6. The number of fused-ring (bicyclic) bond motifs is 1. The Morgan fingerprint density at radius 3 is 2.50 bits per heavy atom. The highest BCUT2D eigenvalue weighted by atomic mass is 79.9. The maximum atomic E-state index is 12.1. The molecule has 2 aromatic rings. The molecule has 0 fully saturated rings. The van der Waals surface area contributed by atoms with Gasteiger partial charge in [-0.25, -0.2) is 0 Å². The fraction of sp³-hybridized carbons (Fsp3) is 0.300. The molecule has 0 spiro atoms. The monoisotopic (exact) mass is 446 g/mol. The van der Waals surface area contributed by atoms with E-state index < -0.39 is 0 Å². The number of hydrogen-bond acceptors (Lipinski definition) is 4. The number of aliphatic imine (C=N–C) groups is 1. The topological polar surface area (TPSA) is 84.0 Å². The van der Waals surface area contributed by atoms with Gasteiger partial charge in [0.1, 0.15) is 0 Å². The zero-order valence-corrected chi connectivity index (χ0v) is 17.2. The Labute approximate surface area is 172 Å². The van der Waals surface area contributed by atoms with Gasteiger partial charge in [0.25, 0.3) is 5.91 Å². The van der Waals surface area contributed by atoms with Crippen LogP contribution in [0.3, 0.4) is 0 Å². The van der Waals surface area contributed by atoms with Crippen LogP contribution in [-0.2, 0) is 0 Å². The van der Waals surface area contributed by atoms with Gasteiger partial charge >= 0.3 is 0 Å². The summed E-state index contributed by atoms with van der Waals surface area (Å²) in [5.74, 6) is 1.97. The molecule has 1 aliphatic heterocycles. The van der Waals surface area contributed by atoms with Gasteiger partial charge in [-0.1, -0.05) is 15.9 Å². The van der Waals surface area contributed by atoms with E-state index in [4.69, 9.17) is 9.47 Å². The zero-order chi connectivity index (χ0) is 19.8. The maximum absolute atomic E-state index is 12.1. The quantitative estimate of drug-likeness (QED) is 0.373. The van der Waals surface area contributed by atoms with Gasteiger partial charge in [-0.05, 0) is 36.4 Å². The molecule has 1 heterocycles. The Bertz CT molecular complexity index is 840. The molecule has 148 valence electrons. The van der Waals surface area contributed by atoms with Crippen LogP contribution in [0.25, 0.3) is 0 Å². The summed E-state index contributed by atoms with van der Waals surface area (Å²) < 4.78 is 12.3. The molecule has 7 nitrogen and oxygen atoms in total. The highest BCUT2D eigenvalue weighted by Gasteiger charge is 2.11. The molecule has 0 unspecified atom stereocenters. The van der Waals surface area contributed by atoms with Crippen LogP contribution in [0.1, 0.15) is 16.8 Å². The van der Waals surface area contributed by atoms with Crippen LogP contribution < -0.4 is 25.4 Å². The molecule has 2 aromatic carbocycles. The highest BCUT2D eigenvalue weighted by Crippen LogP contribution is 2.32. The number of guanidine groups is 1. The van der Waals surface area contributed by atoms with Gasteiger partial charge in [0.2, 0.25) is 0 Å². The fourth-order valence-corrected chi connectivity index (χ4v) is 2.88. The molecule has 0 aromatic heterocycles. The Morgan fingerprint density at radius 1 is 1.04 bits per heavy atom. The second kappa shape index (κ2) is 9.98. The number of hydrogen-bond donors (Lipinski definition) is 3. The van der Waals surface area contributed by atoms with Crippen molar-refractivity contribution in [1.82, 2.24) is 10.6 Å². The highest BCUT2D eigenvalue weighted by molar-refractivity contribution is 9.10. The SMILES string of the molecule is CN=C(NCCNC(=O)c1ccc(Br)cc1)Nc1ccc2c(c1)OCCCO2. The molecule has 8 heteroatoms. The molecule has 0 atom stereocenters. The predicted molar refractivity (Wildman–Crippen MR) is 114 cm³/mol. The predicted octanol–water partition coefficient (Wildman–Crippen LogP) is 3.03. The number of rotatable bonds is 5. The van der Waals surface area contributed by atoms with Crippen LogP contribution in [0.15, 0.2) is 51.9 Å². The third-order valence-electron chi connectivity index (χ3n) is 4.04. The van der Waals surface area contributed by atoms with Gasteiger partial charge in [-0.15, -0.1) is 0 Å². The second-order valence-electron chi connectivity index (χ2n) is 6.10. The molecule has 0 bridgehead atoms. The first-order valence-corrected chi connectivity index (χ1v) is 9.86. The summed E-state index contributed by atoms with van der Waals surface area (Å²) in [7, 11) is 1.69. The Hall–Kier alpha value is -2.74. The number of nitrogens with one attached hydrogen (secondary N) is 3. The standard InChI is InChI=1S/C20H23BrN4O3/c1-22-20(24-10-9-23-19(26)14-3-5-15(21)6-4-14)25-16-7-8-17-18(13-16)28-12-2-11-27-17/h3-8,13H,2,9-12H2,1H3,(H,23,26)(H2,22,24,25). The van der Waals surface area contributed by atoms with Gasteiger partial charge in [0.05, 0.1) is 13.2 Å². The van der Waals surface area contributed by atoms with E-state index in [-0.39, 0.29) is 5.91 Å². The molecule has 3 N–H and O–H groups in total. The first-order valence-electron chi connectivity index (χ1n) is 9.07. The molecule has 0 radical (unpaired) electrons. The molecule has 3 rings (SSSR count). The minimum Gasteiger partial charge on any atom is -0.490 e. The van der Waals surface area contributed by atoms with Gasteiger partial charge in [-0.2, -0.15) is 0 Å². The van der Waals surface area contributed by atoms with E-state index in [2.05, 4.69) is 36.9 Å². The van der Waals surface area contributed by atoms with Crippen molar-refractivity contribution in [3.8, 4) is 11.5 Å². The van der Waals surface area contributed by atoms with Crippen molar-refractivity contribution in [3.63, 3.8) is 0 Å². The summed E-state index contributed by atoms with van der Waals surface area (Å²) in [5, 5.41) is 9.26. The Balaban J connectivity index is 1.46. The van der Waals surface area contributed by atoms with E-state index in [1.54, 1.807) is 19.2 Å². The normalized spacial score (nSPS) is 13.4. The first-order chi connectivity index (χ1) is 13.7. The summed E-state index contributed by atoms with van der Waals surface area (Å²) in [6.45, 7) is 2.31. The van der Waals surface area contributed by atoms with Crippen LogP contribution in [0.2, 0.25) is 0 Å². The summed E-state index contributed by atoms with van der Waals surface area (Å²) in [6, 6.07) is 12.9. The van der Waals surface area contributed by atoms with E-state index in [0.29, 0.717) is 37.8 Å². The molecule has 1 amide bonds. The van der Waals surface area contributed by atoms with E-state index >= 15 is 0 Å². The van der Waals surface area contributed by atoms with Crippen molar-refractivity contribution in [3.05, 3.63) is 52.5 Å². The smallest absolute Gasteiger partial charge is 0.251 e. The van der Waals surface area contributed by atoms with Crippen molar-refractivity contribution >= 4 is 33.5 Å². The van der Waals surface area contributed by atoms with Crippen molar-refractivity contribution < 1.29 is 14.3 Å². The molecule has 1 aliphatic rings. The molecular weight excluding hydrogens is 424 g/mol. The maximum Gasteiger partial charge on any atom is 0.251 e. The lowest BCUT2D eigenvalue weighted by atomic mass is 10.2. The van der Waals surface area contributed by atoms with Gasteiger partial charge in [0, 0.05) is 48.3 Å². The number of carbonyl (C=O) groups is 1. The van der Waals surface area contributed by atoms with Crippen LogP contribution in [0.5, 0.6) is 11.5 Å². The molecule has 28 heavy (non-hydrogen) atoms. The minimum absolute atomic E-state index is 0.111. The number of carbonyl (C=O) groups excluding carboxylic acids is 1. The third-order valence-corrected chi connectivity index (χ3v) is 4.57. The molecule has 0 aliphatic carbocycles. The summed E-state index contributed by atoms with van der Waals surface area (Å²) in [5.41, 5.74) is 1.47. The third kappa shape index (κ3) is 5.63. The number of halogens is 1. The first kappa shape index (κ1) is 20.0. The summed E-state index contributed by atoms with van der Waals surface area (Å²) in [6.07, 6.45) is 0.868. The number of amides is 1. The number of anilines is 1. The number of ether oxygens (including phenoxy) is 2. The lowest BCUT2D eigenvalue weighted by Gasteiger charge is -2.14. The van der Waals surface area contributed by atoms with Crippen molar-refractivity contribution in [2.24, 2.45) is 4.99 Å². The minimum atomic E-state index is -0.111. The summed E-state index contributed by atoms with van der Waals surface area (Å²) in [4.78, 5) is 16.3.